The van der Waals surface area contributed by atoms with Crippen LogP contribution in [0.4, 0.5) is 13.2 Å². The molecule has 12 aromatic carbocycles. The van der Waals surface area contributed by atoms with Gasteiger partial charge in [0.15, 0.2) is 0 Å². The van der Waals surface area contributed by atoms with E-state index in [2.05, 4.69) is 193 Å². The Morgan fingerprint density at radius 3 is 1.11 bits per heavy atom. The van der Waals surface area contributed by atoms with Gasteiger partial charge in [0.25, 0.3) is 0 Å². The number of para-hydroxylation sites is 4. The van der Waals surface area contributed by atoms with Gasteiger partial charge in [0.05, 0.1) is 5.41 Å². The van der Waals surface area contributed by atoms with Gasteiger partial charge in [0.2, 0.25) is 0 Å². The second kappa shape index (κ2) is 25.8. The van der Waals surface area contributed by atoms with Crippen LogP contribution in [0, 0.1) is 18.2 Å². The van der Waals surface area contributed by atoms with Crippen LogP contribution in [0.3, 0.4) is 0 Å². The average Bonchev–Trinajstić information content (AvgIpc) is 1.33. The normalized spacial score (nSPS) is 11.8. The molecule has 478 valence electrons. The van der Waals surface area contributed by atoms with Crippen molar-refractivity contribution in [1.29, 1.82) is 0 Å². The standard InChI is InChI=1S/C91H57F3N3O2.Ir/c1-90(2,91(92,93)94)64-46-49-97-85(56-64)60-42-43-71(80(53-60)57-22-4-3-5-23-57)68-27-9-6-24-65(68)61-50-62(66-25-7-10-28-69(66)72-44-40-58(83-36-16-18-47-95-83)54-81(72)78-34-20-32-76-74-30-12-14-38-86(74)98-88(76)78)52-63(51-61)67-26-8-11-29-70(67)73-45-41-59(84-37-17-19-48-96-84)55-82(73)79-35-21-33-77-75-31-13-15-39-87(75)99-89(77)79;/h3-39,43-56H,1-2H3;/q-3;+3. The van der Waals surface area contributed by atoms with Gasteiger partial charge in [-0.15, -0.1) is 71.3 Å². The van der Waals surface area contributed by atoms with E-state index in [0.29, 0.717) is 11.3 Å². The van der Waals surface area contributed by atoms with Crippen LogP contribution >= 0.6 is 0 Å². The molecule has 0 radical (unpaired) electrons. The Balaban J connectivity index is 0.00000778. The van der Waals surface area contributed by atoms with E-state index in [-0.39, 0.29) is 25.7 Å². The van der Waals surface area contributed by atoms with Crippen molar-refractivity contribution in [2.45, 2.75) is 25.4 Å². The van der Waals surface area contributed by atoms with Crippen LogP contribution in [-0.2, 0) is 25.5 Å². The van der Waals surface area contributed by atoms with Crippen molar-refractivity contribution >= 4 is 43.9 Å². The number of rotatable bonds is 13. The van der Waals surface area contributed by atoms with Crippen LogP contribution in [0.5, 0.6) is 0 Å². The fraction of sp³-hybridized carbons (Fsp3) is 0.0440. The van der Waals surface area contributed by atoms with E-state index in [1.54, 1.807) is 0 Å². The summed E-state index contributed by atoms with van der Waals surface area (Å²) < 4.78 is 57.5. The van der Waals surface area contributed by atoms with Gasteiger partial charge in [0, 0.05) is 51.3 Å². The molecule has 0 atom stereocenters. The zero-order valence-electron chi connectivity index (χ0n) is 54.1. The maximum Gasteiger partial charge on any atom is 3.00 e. The molecule has 100 heavy (non-hydrogen) atoms. The van der Waals surface area contributed by atoms with E-state index in [1.807, 2.05) is 122 Å². The summed E-state index contributed by atoms with van der Waals surface area (Å²) >= 11 is 0. The summed E-state index contributed by atoms with van der Waals surface area (Å²) in [6, 6.07) is 110. The molecule has 0 saturated carbocycles. The smallest absolute Gasteiger partial charge is 0.455 e. The Morgan fingerprint density at radius 1 is 0.290 bits per heavy atom. The molecule has 0 aliphatic rings. The van der Waals surface area contributed by atoms with Gasteiger partial charge >= 0.3 is 26.3 Å². The minimum atomic E-state index is -4.49. The van der Waals surface area contributed by atoms with Gasteiger partial charge in [-0.2, -0.15) is 13.2 Å². The van der Waals surface area contributed by atoms with E-state index >= 15 is 0 Å². The molecule has 0 saturated heterocycles. The first-order valence-electron chi connectivity index (χ1n) is 32.8. The first kappa shape index (κ1) is 62.9. The van der Waals surface area contributed by atoms with Gasteiger partial charge in [-0.3, -0.25) is 0 Å². The van der Waals surface area contributed by atoms with Crippen LogP contribution < -0.4 is 0 Å². The number of furan rings is 2. The predicted octanol–water partition coefficient (Wildman–Crippen LogP) is 24.9. The van der Waals surface area contributed by atoms with Crippen molar-refractivity contribution in [3.8, 4) is 134 Å². The quantitative estimate of drug-likeness (QED) is 0.108. The van der Waals surface area contributed by atoms with Crippen molar-refractivity contribution in [1.82, 2.24) is 15.0 Å². The summed E-state index contributed by atoms with van der Waals surface area (Å²) in [5, 5.41) is 4.11. The van der Waals surface area contributed by atoms with E-state index in [1.165, 1.54) is 32.2 Å². The minimum absolute atomic E-state index is 0. The van der Waals surface area contributed by atoms with E-state index < -0.39 is 11.6 Å². The summed E-state index contributed by atoms with van der Waals surface area (Å²) in [4.78, 5) is 14.3. The largest absolute Gasteiger partial charge is 3.00 e. The number of pyridine rings is 3. The number of aromatic nitrogens is 3. The third-order valence-corrected chi connectivity index (χ3v) is 19.2. The van der Waals surface area contributed by atoms with Gasteiger partial charge in [-0.25, -0.2) is 0 Å². The van der Waals surface area contributed by atoms with Crippen LogP contribution in [0.15, 0.2) is 319 Å². The summed E-state index contributed by atoms with van der Waals surface area (Å²) in [5.41, 5.74) is 22.3. The van der Waals surface area contributed by atoms with Crippen molar-refractivity contribution in [2.24, 2.45) is 0 Å². The molecule has 5 nitrogen and oxygen atoms in total. The number of benzene rings is 12. The molecule has 0 bridgehead atoms. The Bertz CT molecular complexity index is 5700. The molecule has 0 amide bonds. The zero-order chi connectivity index (χ0) is 66.8. The van der Waals surface area contributed by atoms with Crippen molar-refractivity contribution in [3.63, 3.8) is 0 Å². The maximum atomic E-state index is 14.6. The van der Waals surface area contributed by atoms with Gasteiger partial charge in [-0.05, 0) is 124 Å². The number of fused-ring (bicyclic) bond motifs is 6. The first-order valence-corrected chi connectivity index (χ1v) is 32.8. The summed E-state index contributed by atoms with van der Waals surface area (Å²) in [6.45, 7) is 2.40. The molecule has 0 aliphatic carbocycles. The van der Waals surface area contributed by atoms with E-state index in [0.717, 1.165) is 167 Å². The fourth-order valence-electron chi connectivity index (χ4n) is 14.0. The second-order valence-corrected chi connectivity index (χ2v) is 25.4. The molecule has 0 unspecified atom stereocenters. The zero-order valence-corrected chi connectivity index (χ0v) is 56.5. The third-order valence-electron chi connectivity index (χ3n) is 19.2. The summed E-state index contributed by atoms with van der Waals surface area (Å²) in [6.07, 6.45) is 0.579. The second-order valence-electron chi connectivity index (χ2n) is 25.4. The van der Waals surface area contributed by atoms with Crippen LogP contribution in [0.25, 0.3) is 178 Å². The Hall–Kier alpha value is -11.9. The number of hydrogen-bond acceptors (Lipinski definition) is 5. The van der Waals surface area contributed by atoms with Gasteiger partial charge < -0.3 is 23.8 Å². The molecular weight excluding hydrogens is 1420 g/mol. The Morgan fingerprint density at radius 2 is 0.660 bits per heavy atom. The Kier molecular flexibility index (Phi) is 16.3. The summed E-state index contributed by atoms with van der Waals surface area (Å²) in [5.74, 6) is 0. The predicted molar refractivity (Wildman–Crippen MR) is 395 cm³/mol. The molecule has 0 aliphatic heterocycles. The number of halogens is 3. The molecule has 0 N–H and O–H groups in total. The molecule has 17 rings (SSSR count). The molecule has 17 aromatic rings. The third kappa shape index (κ3) is 11.3. The van der Waals surface area contributed by atoms with E-state index in [4.69, 9.17) is 18.8 Å². The maximum absolute atomic E-state index is 14.6. The average molecular weight is 1470 g/mol. The van der Waals surface area contributed by atoms with Gasteiger partial charge in [0.1, 0.15) is 22.3 Å². The Labute approximate surface area is 590 Å². The monoisotopic (exact) mass is 1470 g/mol. The molecule has 5 heterocycles. The molecular formula is C91H57F3IrN3O2. The van der Waals surface area contributed by atoms with Crippen molar-refractivity contribution in [2.75, 3.05) is 0 Å². The number of hydrogen-bond donors (Lipinski definition) is 0. The fourth-order valence-corrected chi connectivity index (χ4v) is 14.0. The molecule has 0 fully saturated rings. The van der Waals surface area contributed by atoms with Crippen molar-refractivity contribution in [3.05, 3.63) is 334 Å². The topological polar surface area (TPSA) is 65.0 Å². The molecule has 0 spiro atoms. The SMILES string of the molecule is CC(C)(c1ccnc(-c2[c-]cc(-c3ccccc3-c3cc(-c4ccccc4-c4c[c-]c(-c5ccccn5)cc4-c4cccc5c4oc4ccccc45)cc(-c4ccccc4-c4c[c-]c(-c5ccccn5)cc4-c4cccc5c4oc4ccccc45)c3)c(-c3ccccc3)c2)c1)C(F)(F)F.[Ir+3]. The van der Waals surface area contributed by atoms with Crippen molar-refractivity contribution < 1.29 is 42.1 Å². The van der Waals surface area contributed by atoms with Crippen LogP contribution in [-0.4, -0.2) is 21.1 Å². The number of nitrogens with zero attached hydrogens (tertiary/aromatic N) is 3. The van der Waals surface area contributed by atoms with Crippen LogP contribution in [0.2, 0.25) is 0 Å². The minimum Gasteiger partial charge on any atom is -0.455 e. The molecule has 9 heteroatoms. The van der Waals surface area contributed by atoms with Crippen LogP contribution in [0.1, 0.15) is 19.4 Å². The molecule has 5 aromatic heterocycles. The number of alkyl halides is 3. The van der Waals surface area contributed by atoms with E-state index in [9.17, 15) is 13.2 Å². The van der Waals surface area contributed by atoms with Gasteiger partial charge in [-0.1, -0.05) is 256 Å². The first-order chi connectivity index (χ1) is 48.5. The summed E-state index contributed by atoms with van der Waals surface area (Å²) in [7, 11) is 0.